The summed E-state index contributed by atoms with van der Waals surface area (Å²) in [6.07, 6.45) is 1.51. The highest BCUT2D eigenvalue weighted by molar-refractivity contribution is 9.10. The number of hydrogen-bond donors (Lipinski definition) is 1. The summed E-state index contributed by atoms with van der Waals surface area (Å²) in [6, 6.07) is 12.5. The molecule has 0 radical (unpaired) electrons. The summed E-state index contributed by atoms with van der Waals surface area (Å²) in [5.74, 6) is 0.0890. The number of hydrogen-bond acceptors (Lipinski definition) is 4. The highest BCUT2D eigenvalue weighted by atomic mass is 79.9. The summed E-state index contributed by atoms with van der Waals surface area (Å²) in [6.45, 7) is 2.27. The SMILES string of the molecule is CCOc1c(C=C2C(=O)NN(c3ccccc3)C2=O)cc(Br)cc1OC. The molecule has 2 amide bonds. The third kappa shape index (κ3) is 3.43. The maximum atomic E-state index is 12.7. The van der Waals surface area contributed by atoms with Gasteiger partial charge in [0, 0.05) is 10.0 Å². The van der Waals surface area contributed by atoms with Crippen LogP contribution in [-0.4, -0.2) is 25.5 Å². The number of methoxy groups -OCH3 is 1. The van der Waals surface area contributed by atoms with Crippen LogP contribution in [0, 0.1) is 0 Å². The standard InChI is InChI=1S/C19H17BrN2O4/c1-3-26-17-12(9-13(20)11-16(17)25-2)10-15-18(23)21-22(19(15)24)14-7-5-4-6-8-14/h4-11H,3H2,1-2H3,(H,21,23). The first-order valence-corrected chi connectivity index (χ1v) is 8.77. The normalized spacial score (nSPS) is 15.3. The summed E-state index contributed by atoms with van der Waals surface area (Å²) in [7, 11) is 1.53. The second-order valence-corrected chi connectivity index (χ2v) is 6.35. The number of amides is 2. The minimum Gasteiger partial charge on any atom is -0.493 e. The Morgan fingerprint density at radius 2 is 1.92 bits per heavy atom. The van der Waals surface area contributed by atoms with Gasteiger partial charge in [0.25, 0.3) is 11.8 Å². The van der Waals surface area contributed by atoms with E-state index in [0.717, 1.165) is 4.47 Å². The zero-order valence-electron chi connectivity index (χ0n) is 14.3. The zero-order chi connectivity index (χ0) is 18.7. The fraction of sp³-hybridized carbons (Fsp3) is 0.158. The zero-order valence-corrected chi connectivity index (χ0v) is 15.9. The average Bonchev–Trinajstić information content (AvgIpc) is 2.92. The first-order chi connectivity index (χ1) is 12.5. The molecular formula is C19H17BrN2O4. The highest BCUT2D eigenvalue weighted by Gasteiger charge is 2.34. The van der Waals surface area contributed by atoms with Crippen LogP contribution in [0.1, 0.15) is 12.5 Å². The Bertz CT molecular complexity index is 881. The van der Waals surface area contributed by atoms with Gasteiger partial charge in [-0.3, -0.25) is 15.0 Å². The number of ether oxygens (including phenoxy) is 2. The largest absolute Gasteiger partial charge is 0.493 e. The molecule has 0 unspecified atom stereocenters. The van der Waals surface area contributed by atoms with Crippen LogP contribution in [0.4, 0.5) is 5.69 Å². The number of nitrogens with zero attached hydrogens (tertiary/aromatic N) is 1. The number of anilines is 1. The Labute approximate surface area is 159 Å². The van der Waals surface area contributed by atoms with Crippen LogP contribution in [0.5, 0.6) is 11.5 Å². The van der Waals surface area contributed by atoms with Crippen molar-refractivity contribution in [2.45, 2.75) is 6.92 Å². The van der Waals surface area contributed by atoms with Crippen molar-refractivity contribution in [1.29, 1.82) is 0 Å². The van der Waals surface area contributed by atoms with Gasteiger partial charge in [-0.25, -0.2) is 5.01 Å². The van der Waals surface area contributed by atoms with Crippen LogP contribution in [0.25, 0.3) is 6.08 Å². The van der Waals surface area contributed by atoms with E-state index in [1.54, 1.807) is 36.4 Å². The molecule has 0 atom stereocenters. The number of carbonyl (C=O) groups excluding carboxylic acids is 2. The van der Waals surface area contributed by atoms with Gasteiger partial charge in [0.2, 0.25) is 0 Å². The van der Waals surface area contributed by atoms with Gasteiger partial charge in [-0.1, -0.05) is 34.1 Å². The van der Waals surface area contributed by atoms with Crippen LogP contribution in [0.2, 0.25) is 0 Å². The van der Waals surface area contributed by atoms with Crippen molar-refractivity contribution in [1.82, 2.24) is 5.43 Å². The van der Waals surface area contributed by atoms with Crippen LogP contribution in [0.15, 0.2) is 52.5 Å². The number of hydrazine groups is 1. The number of carbonyl (C=O) groups is 2. The molecule has 2 aromatic rings. The molecule has 1 saturated heterocycles. The third-order valence-corrected chi connectivity index (χ3v) is 4.22. The summed E-state index contributed by atoms with van der Waals surface area (Å²) in [4.78, 5) is 25.1. The monoisotopic (exact) mass is 416 g/mol. The summed E-state index contributed by atoms with van der Waals surface area (Å²) in [5.41, 5.74) is 3.77. The van der Waals surface area contributed by atoms with Crippen LogP contribution < -0.4 is 19.9 Å². The van der Waals surface area contributed by atoms with E-state index in [9.17, 15) is 9.59 Å². The van der Waals surface area contributed by atoms with Crippen molar-refractivity contribution in [3.63, 3.8) is 0 Å². The molecule has 3 rings (SSSR count). The van der Waals surface area contributed by atoms with Gasteiger partial charge in [-0.05, 0) is 37.3 Å². The third-order valence-electron chi connectivity index (χ3n) is 3.76. The van der Waals surface area contributed by atoms with Gasteiger partial charge in [0.1, 0.15) is 5.57 Å². The number of benzene rings is 2. The molecule has 1 heterocycles. The molecule has 1 aliphatic heterocycles. The number of rotatable bonds is 5. The summed E-state index contributed by atoms with van der Waals surface area (Å²) in [5, 5.41) is 1.23. The van der Waals surface area contributed by atoms with Gasteiger partial charge >= 0.3 is 0 Å². The van der Waals surface area contributed by atoms with E-state index in [1.165, 1.54) is 18.2 Å². The van der Waals surface area contributed by atoms with Crippen molar-refractivity contribution >= 4 is 39.5 Å². The Morgan fingerprint density at radius 3 is 2.58 bits per heavy atom. The molecule has 0 bridgehead atoms. The lowest BCUT2D eigenvalue weighted by Gasteiger charge is -2.14. The number of halogens is 1. The van der Waals surface area contributed by atoms with Crippen LogP contribution >= 0.6 is 15.9 Å². The minimum atomic E-state index is -0.472. The highest BCUT2D eigenvalue weighted by Crippen LogP contribution is 2.36. The Kier molecular flexibility index (Phi) is 5.27. The molecule has 134 valence electrons. The van der Waals surface area contributed by atoms with Gasteiger partial charge in [-0.15, -0.1) is 0 Å². The average molecular weight is 417 g/mol. The van der Waals surface area contributed by atoms with E-state index >= 15 is 0 Å². The van der Waals surface area contributed by atoms with Gasteiger partial charge in [-0.2, -0.15) is 0 Å². The molecule has 2 aromatic carbocycles. The summed E-state index contributed by atoms with van der Waals surface area (Å²) >= 11 is 3.41. The molecule has 0 aliphatic carbocycles. The molecule has 0 aromatic heterocycles. The first kappa shape index (κ1) is 18.0. The quantitative estimate of drug-likeness (QED) is 0.599. The number of nitrogens with one attached hydrogen (secondary N) is 1. The van der Waals surface area contributed by atoms with E-state index in [0.29, 0.717) is 29.4 Å². The molecule has 6 nitrogen and oxygen atoms in total. The first-order valence-electron chi connectivity index (χ1n) is 7.97. The van der Waals surface area contributed by atoms with Crippen LogP contribution in [-0.2, 0) is 9.59 Å². The van der Waals surface area contributed by atoms with Gasteiger partial charge < -0.3 is 9.47 Å². The van der Waals surface area contributed by atoms with E-state index in [1.807, 2.05) is 13.0 Å². The molecule has 1 fully saturated rings. The van der Waals surface area contributed by atoms with E-state index in [4.69, 9.17) is 9.47 Å². The van der Waals surface area contributed by atoms with Crippen molar-refractivity contribution in [2.24, 2.45) is 0 Å². The molecule has 26 heavy (non-hydrogen) atoms. The van der Waals surface area contributed by atoms with Crippen molar-refractivity contribution < 1.29 is 19.1 Å². The molecule has 0 saturated carbocycles. The maximum absolute atomic E-state index is 12.7. The molecule has 1 aliphatic rings. The van der Waals surface area contributed by atoms with E-state index in [-0.39, 0.29) is 5.57 Å². The van der Waals surface area contributed by atoms with Crippen LogP contribution in [0.3, 0.4) is 0 Å². The Morgan fingerprint density at radius 1 is 1.19 bits per heavy atom. The molecule has 1 N–H and O–H groups in total. The van der Waals surface area contributed by atoms with Crippen molar-refractivity contribution in [3.05, 3.63) is 58.1 Å². The smallest absolute Gasteiger partial charge is 0.282 e. The van der Waals surface area contributed by atoms with Crippen molar-refractivity contribution in [3.8, 4) is 11.5 Å². The lowest BCUT2D eigenvalue weighted by molar-refractivity contribution is -0.117. The molecular weight excluding hydrogens is 400 g/mol. The topological polar surface area (TPSA) is 67.9 Å². The Balaban J connectivity index is 2.03. The summed E-state index contributed by atoms with van der Waals surface area (Å²) < 4.78 is 11.8. The lowest BCUT2D eigenvalue weighted by Crippen LogP contribution is -2.35. The number of para-hydroxylation sites is 1. The lowest BCUT2D eigenvalue weighted by atomic mass is 10.1. The predicted molar refractivity (Wildman–Crippen MR) is 102 cm³/mol. The van der Waals surface area contributed by atoms with Gasteiger partial charge in [0.05, 0.1) is 19.4 Å². The maximum Gasteiger partial charge on any atom is 0.282 e. The van der Waals surface area contributed by atoms with Crippen molar-refractivity contribution in [2.75, 3.05) is 18.7 Å². The fourth-order valence-corrected chi connectivity index (χ4v) is 3.07. The van der Waals surface area contributed by atoms with Gasteiger partial charge in [0.15, 0.2) is 11.5 Å². The van der Waals surface area contributed by atoms with E-state index in [2.05, 4.69) is 21.4 Å². The molecule has 0 spiro atoms. The second-order valence-electron chi connectivity index (χ2n) is 5.43. The second kappa shape index (κ2) is 7.61. The minimum absolute atomic E-state index is 0.0231. The Hall–Kier alpha value is -2.80. The predicted octanol–water partition coefficient (Wildman–Crippen LogP) is 3.32. The fourth-order valence-electron chi connectivity index (χ4n) is 2.62. The molecule has 7 heteroatoms. The van der Waals surface area contributed by atoms with E-state index < -0.39 is 11.8 Å².